The van der Waals surface area contributed by atoms with Gasteiger partial charge in [0.05, 0.1) is 25.8 Å². The van der Waals surface area contributed by atoms with Crippen molar-refractivity contribution in [3.63, 3.8) is 0 Å². The fraction of sp³-hybridized carbons (Fsp3) is 0.524. The number of quaternary nitrogens is 1. The van der Waals surface area contributed by atoms with Crippen LogP contribution in [0.5, 0.6) is 0 Å². The summed E-state index contributed by atoms with van der Waals surface area (Å²) in [5.41, 5.74) is 2.13. The first kappa shape index (κ1) is 19.9. The van der Waals surface area contributed by atoms with Crippen molar-refractivity contribution in [3.8, 4) is 0 Å². The fourth-order valence-electron chi connectivity index (χ4n) is 3.89. The number of carbonyl (C=O) groups excluding carboxylic acids is 2. The van der Waals surface area contributed by atoms with Crippen molar-refractivity contribution >= 4 is 29.1 Å². The Kier molecular flexibility index (Phi) is 6.22. The summed E-state index contributed by atoms with van der Waals surface area (Å²) in [5, 5.41) is 0.0313. The van der Waals surface area contributed by atoms with E-state index >= 15 is 0 Å². The van der Waals surface area contributed by atoms with Gasteiger partial charge in [0.25, 0.3) is 11.8 Å². The predicted molar refractivity (Wildman–Crippen MR) is 108 cm³/mol. The third-order valence-corrected chi connectivity index (χ3v) is 6.07. The van der Waals surface area contributed by atoms with Gasteiger partial charge >= 0.3 is 0 Å². The zero-order valence-electron chi connectivity index (χ0n) is 16.4. The van der Waals surface area contributed by atoms with Gasteiger partial charge in [-0.05, 0) is 30.5 Å². The number of hydrogen-bond donors (Lipinski definition) is 1. The van der Waals surface area contributed by atoms with Crippen LogP contribution in [0, 0.1) is 0 Å². The maximum Gasteiger partial charge on any atom is 0.283 e. The molecule has 6 heteroatoms. The van der Waals surface area contributed by atoms with E-state index in [4.69, 9.17) is 11.6 Å². The number of piperidine rings is 1. The molecule has 0 spiro atoms. The molecule has 3 rings (SSSR count). The van der Waals surface area contributed by atoms with E-state index in [2.05, 4.69) is 14.0 Å². The highest BCUT2D eigenvalue weighted by Gasteiger charge is 2.42. The van der Waals surface area contributed by atoms with Crippen LogP contribution in [-0.2, 0) is 16.0 Å². The van der Waals surface area contributed by atoms with Gasteiger partial charge in [0.2, 0.25) is 0 Å². The largest absolute Gasteiger partial charge is 0.365 e. The van der Waals surface area contributed by atoms with Crippen molar-refractivity contribution in [2.75, 3.05) is 32.1 Å². The summed E-state index contributed by atoms with van der Waals surface area (Å²) in [7, 11) is 4.06. The van der Waals surface area contributed by atoms with Crippen LogP contribution < -0.4 is 9.80 Å². The lowest BCUT2D eigenvalue weighted by Gasteiger charge is -2.34. The van der Waals surface area contributed by atoms with E-state index in [1.165, 1.54) is 15.4 Å². The van der Waals surface area contributed by atoms with Crippen LogP contribution in [0.2, 0.25) is 0 Å². The summed E-state index contributed by atoms with van der Waals surface area (Å²) in [4.78, 5) is 30.4. The summed E-state index contributed by atoms with van der Waals surface area (Å²) in [6.45, 7) is 4.28. The molecule has 0 aliphatic carbocycles. The van der Waals surface area contributed by atoms with Crippen LogP contribution in [0.4, 0.5) is 5.69 Å². The summed E-state index contributed by atoms with van der Waals surface area (Å²) in [6, 6.07) is 7.90. The summed E-state index contributed by atoms with van der Waals surface area (Å²) in [6.07, 6.45) is 5.25. The highest BCUT2D eigenvalue weighted by molar-refractivity contribution is 6.52. The first-order chi connectivity index (χ1) is 12.9. The molecule has 0 unspecified atom stereocenters. The molecule has 0 atom stereocenters. The minimum atomic E-state index is -0.427. The SMILES string of the molecule is CCCCc1ccc(N2C(=O)C(Cl)=C(N(C)C3CC[NH+](C)CC3)C2=O)cc1. The number of carbonyl (C=O) groups is 2. The van der Waals surface area contributed by atoms with Gasteiger partial charge in [-0.15, -0.1) is 0 Å². The molecule has 0 saturated carbocycles. The van der Waals surface area contributed by atoms with Gasteiger partial charge in [-0.25, -0.2) is 4.90 Å². The highest BCUT2D eigenvalue weighted by Crippen LogP contribution is 2.32. The first-order valence-corrected chi connectivity index (χ1v) is 10.2. The monoisotopic (exact) mass is 390 g/mol. The van der Waals surface area contributed by atoms with Gasteiger partial charge in [0.1, 0.15) is 10.7 Å². The first-order valence-electron chi connectivity index (χ1n) is 9.85. The van der Waals surface area contributed by atoms with Crippen LogP contribution in [-0.4, -0.2) is 49.9 Å². The Morgan fingerprint density at radius 2 is 1.78 bits per heavy atom. The lowest BCUT2D eigenvalue weighted by molar-refractivity contribution is -0.885. The molecule has 2 aliphatic rings. The summed E-state index contributed by atoms with van der Waals surface area (Å²) < 4.78 is 0. The molecule has 1 aromatic rings. The normalized spacial score (nSPS) is 23.3. The van der Waals surface area contributed by atoms with Gasteiger partial charge in [-0.2, -0.15) is 0 Å². The standard InChI is InChI=1S/C21H28ClN3O2/c1-4-5-6-15-7-9-17(10-8-15)25-20(26)18(22)19(21(25)27)24(3)16-11-13-23(2)14-12-16/h7-10,16H,4-6,11-14H2,1-3H3/p+1. The number of rotatable bonds is 6. The molecule has 2 aliphatic heterocycles. The van der Waals surface area contributed by atoms with Crippen molar-refractivity contribution in [1.29, 1.82) is 0 Å². The van der Waals surface area contributed by atoms with Gasteiger partial charge in [-0.1, -0.05) is 37.1 Å². The Hall–Kier alpha value is -1.85. The summed E-state index contributed by atoms with van der Waals surface area (Å²) in [5.74, 6) is -0.747. The van der Waals surface area contributed by atoms with E-state index in [0.29, 0.717) is 11.4 Å². The van der Waals surface area contributed by atoms with E-state index in [-0.39, 0.29) is 17.0 Å². The number of halogens is 1. The third kappa shape index (κ3) is 4.04. The number of unbranched alkanes of at least 4 members (excludes halogenated alkanes) is 1. The Bertz CT molecular complexity index is 736. The second-order valence-corrected chi connectivity index (χ2v) is 8.06. The smallest absolute Gasteiger partial charge is 0.283 e. The van der Waals surface area contributed by atoms with E-state index in [1.807, 2.05) is 36.2 Å². The van der Waals surface area contributed by atoms with Crippen LogP contribution in [0.15, 0.2) is 35.0 Å². The van der Waals surface area contributed by atoms with E-state index in [0.717, 1.165) is 45.2 Å². The van der Waals surface area contributed by atoms with Gasteiger partial charge in [0, 0.05) is 25.9 Å². The predicted octanol–water partition coefficient (Wildman–Crippen LogP) is 1.96. The Balaban J connectivity index is 1.77. The van der Waals surface area contributed by atoms with Crippen molar-refractivity contribution in [3.05, 3.63) is 40.6 Å². The number of nitrogens with one attached hydrogen (secondary N) is 1. The molecule has 1 fully saturated rings. The second-order valence-electron chi connectivity index (χ2n) is 7.68. The lowest BCUT2D eigenvalue weighted by atomic mass is 10.0. The molecule has 0 radical (unpaired) electrons. The van der Waals surface area contributed by atoms with Crippen LogP contribution in [0.3, 0.4) is 0 Å². The number of amides is 2. The van der Waals surface area contributed by atoms with Gasteiger partial charge in [-0.3, -0.25) is 9.59 Å². The molecule has 1 N–H and O–H groups in total. The quantitative estimate of drug-likeness (QED) is 0.755. The van der Waals surface area contributed by atoms with Crippen molar-refractivity contribution in [1.82, 2.24) is 4.90 Å². The molecule has 2 heterocycles. The molecule has 0 aromatic heterocycles. The molecule has 0 bridgehead atoms. The van der Waals surface area contributed by atoms with Gasteiger partial charge in [0.15, 0.2) is 0 Å². The van der Waals surface area contributed by atoms with Crippen molar-refractivity contribution in [2.24, 2.45) is 0 Å². The minimum Gasteiger partial charge on any atom is -0.365 e. The number of imide groups is 1. The number of benzene rings is 1. The molecular weight excluding hydrogens is 362 g/mol. The van der Waals surface area contributed by atoms with Crippen LogP contribution in [0.1, 0.15) is 38.2 Å². The average molecular weight is 391 g/mol. The number of likely N-dealkylation sites (tertiary alicyclic amines) is 1. The van der Waals surface area contributed by atoms with E-state index in [1.54, 1.807) is 0 Å². The van der Waals surface area contributed by atoms with Gasteiger partial charge < -0.3 is 9.80 Å². The molecule has 27 heavy (non-hydrogen) atoms. The number of nitrogens with zero attached hydrogens (tertiary/aromatic N) is 2. The van der Waals surface area contributed by atoms with Crippen molar-refractivity contribution in [2.45, 2.75) is 45.1 Å². The maximum atomic E-state index is 13.0. The molecule has 5 nitrogen and oxygen atoms in total. The Labute approximate surface area is 166 Å². The zero-order chi connectivity index (χ0) is 19.6. The Morgan fingerprint density at radius 3 is 2.37 bits per heavy atom. The van der Waals surface area contributed by atoms with E-state index in [9.17, 15) is 9.59 Å². The number of likely N-dealkylation sites (N-methyl/N-ethyl adjacent to an activating group) is 1. The zero-order valence-corrected chi connectivity index (χ0v) is 17.2. The average Bonchev–Trinajstić information content (AvgIpc) is 2.89. The maximum absolute atomic E-state index is 13.0. The second kappa shape index (κ2) is 8.44. The topological polar surface area (TPSA) is 45.1 Å². The van der Waals surface area contributed by atoms with Crippen LogP contribution >= 0.6 is 11.6 Å². The molecular formula is C21H29ClN3O2+. The fourth-order valence-corrected chi connectivity index (χ4v) is 4.19. The molecule has 146 valence electrons. The Morgan fingerprint density at radius 1 is 1.15 bits per heavy atom. The molecule has 1 saturated heterocycles. The number of aryl methyl sites for hydroxylation is 1. The highest BCUT2D eigenvalue weighted by atomic mass is 35.5. The molecule has 2 amide bonds. The van der Waals surface area contributed by atoms with E-state index < -0.39 is 5.91 Å². The number of hydrogen-bond acceptors (Lipinski definition) is 3. The third-order valence-electron chi connectivity index (χ3n) is 5.73. The van der Waals surface area contributed by atoms with Crippen molar-refractivity contribution < 1.29 is 14.5 Å². The molecule has 1 aromatic carbocycles. The van der Waals surface area contributed by atoms with Crippen LogP contribution in [0.25, 0.3) is 0 Å². The summed E-state index contributed by atoms with van der Waals surface area (Å²) >= 11 is 6.33. The minimum absolute atomic E-state index is 0.0313. The lowest BCUT2D eigenvalue weighted by Crippen LogP contribution is -3.10. The number of anilines is 1.